The predicted octanol–water partition coefficient (Wildman–Crippen LogP) is 3.02. The number of hydrogen-bond donors (Lipinski definition) is 0. The van der Waals surface area contributed by atoms with Gasteiger partial charge in [0.1, 0.15) is 12.4 Å². The quantitative estimate of drug-likeness (QED) is 0.545. The number of alkyl halides is 3. The van der Waals surface area contributed by atoms with Gasteiger partial charge in [-0.1, -0.05) is 6.92 Å². The lowest BCUT2D eigenvalue weighted by molar-refractivity contribution is -0.173. The van der Waals surface area contributed by atoms with E-state index in [9.17, 15) is 18.0 Å². The fourth-order valence-electron chi connectivity index (χ4n) is 1.37. The zero-order valence-electron chi connectivity index (χ0n) is 11.1. The van der Waals surface area contributed by atoms with Crippen molar-refractivity contribution in [2.75, 3.05) is 19.8 Å². The molecule has 0 aliphatic carbocycles. The van der Waals surface area contributed by atoms with E-state index in [-0.39, 0.29) is 18.8 Å². The van der Waals surface area contributed by atoms with Crippen molar-refractivity contribution in [3.63, 3.8) is 0 Å². The smallest absolute Gasteiger partial charge is 0.411 e. The second kappa shape index (κ2) is 7.84. The van der Waals surface area contributed by atoms with Crippen LogP contribution >= 0.6 is 0 Å². The summed E-state index contributed by atoms with van der Waals surface area (Å²) >= 11 is 0. The van der Waals surface area contributed by atoms with Gasteiger partial charge in [-0.3, -0.25) is 9.78 Å². The Labute approximate surface area is 114 Å². The number of nitrogens with zero attached hydrogens (tertiary/aromatic N) is 1. The van der Waals surface area contributed by atoms with Gasteiger partial charge in [0.15, 0.2) is 5.78 Å². The topological polar surface area (TPSA) is 48.4 Å². The van der Waals surface area contributed by atoms with Crippen LogP contribution < -0.4 is 4.74 Å². The summed E-state index contributed by atoms with van der Waals surface area (Å²) in [5, 5.41) is 0. The third kappa shape index (κ3) is 6.51. The summed E-state index contributed by atoms with van der Waals surface area (Å²) in [6, 6.07) is 1.52. The van der Waals surface area contributed by atoms with Gasteiger partial charge in [0, 0.05) is 18.2 Å². The Morgan fingerprint density at radius 3 is 2.70 bits per heavy atom. The van der Waals surface area contributed by atoms with Gasteiger partial charge in [-0.25, -0.2) is 0 Å². The zero-order valence-corrected chi connectivity index (χ0v) is 11.1. The van der Waals surface area contributed by atoms with E-state index in [0.717, 1.165) is 6.42 Å². The molecule has 0 bridgehead atoms. The highest BCUT2D eigenvalue weighted by Crippen LogP contribution is 2.15. The molecule has 0 radical (unpaired) electrons. The van der Waals surface area contributed by atoms with E-state index in [1.807, 2.05) is 6.92 Å². The third-order valence-corrected chi connectivity index (χ3v) is 2.25. The van der Waals surface area contributed by atoms with E-state index in [2.05, 4.69) is 9.72 Å². The molecule has 0 atom stereocenters. The molecule has 0 saturated heterocycles. The van der Waals surface area contributed by atoms with Crippen molar-refractivity contribution in [3.05, 3.63) is 24.0 Å². The highest BCUT2D eigenvalue weighted by Gasteiger charge is 2.27. The van der Waals surface area contributed by atoms with Crippen LogP contribution in [-0.2, 0) is 4.74 Å². The Morgan fingerprint density at radius 1 is 1.30 bits per heavy atom. The van der Waals surface area contributed by atoms with Crippen molar-refractivity contribution in [3.8, 4) is 5.75 Å². The summed E-state index contributed by atoms with van der Waals surface area (Å²) in [5.41, 5.74) is 0.300. The Bertz CT molecular complexity index is 435. The molecule has 0 amide bonds. The van der Waals surface area contributed by atoms with Gasteiger partial charge in [-0.15, -0.1) is 0 Å². The van der Waals surface area contributed by atoms with Crippen molar-refractivity contribution in [2.45, 2.75) is 25.9 Å². The number of ether oxygens (including phenoxy) is 2. The Morgan fingerprint density at radius 2 is 2.05 bits per heavy atom. The van der Waals surface area contributed by atoms with Crippen molar-refractivity contribution in [2.24, 2.45) is 0 Å². The highest BCUT2D eigenvalue weighted by molar-refractivity contribution is 5.96. The summed E-state index contributed by atoms with van der Waals surface area (Å²) < 4.78 is 45.2. The summed E-state index contributed by atoms with van der Waals surface area (Å²) in [4.78, 5) is 15.6. The minimum absolute atomic E-state index is 0.130. The normalized spacial score (nSPS) is 11.4. The molecular formula is C13H16F3NO3. The molecule has 4 nitrogen and oxygen atoms in total. The SMILES string of the molecule is CCCOc1cncc(C(=O)CCOCC(F)(F)F)c1. The van der Waals surface area contributed by atoms with Crippen LogP contribution in [0.2, 0.25) is 0 Å². The average Bonchev–Trinajstić information content (AvgIpc) is 2.40. The van der Waals surface area contributed by atoms with E-state index in [1.54, 1.807) is 0 Å². The molecular weight excluding hydrogens is 275 g/mol. The maximum absolute atomic E-state index is 11.8. The van der Waals surface area contributed by atoms with Crippen LogP contribution in [0, 0.1) is 0 Å². The van der Waals surface area contributed by atoms with E-state index < -0.39 is 12.8 Å². The molecule has 0 N–H and O–H groups in total. The van der Waals surface area contributed by atoms with Crippen LogP contribution in [0.15, 0.2) is 18.5 Å². The Kier molecular flexibility index (Phi) is 6.44. The summed E-state index contributed by atoms with van der Waals surface area (Å²) in [5.74, 6) is 0.135. The second-order valence-electron chi connectivity index (χ2n) is 4.10. The van der Waals surface area contributed by atoms with Crippen LogP contribution in [0.3, 0.4) is 0 Å². The van der Waals surface area contributed by atoms with Gasteiger partial charge in [0.2, 0.25) is 0 Å². The monoisotopic (exact) mass is 291 g/mol. The summed E-state index contributed by atoms with van der Waals surface area (Å²) in [6.45, 7) is 0.824. The van der Waals surface area contributed by atoms with Crippen molar-refractivity contribution < 1.29 is 27.4 Å². The van der Waals surface area contributed by atoms with Gasteiger partial charge in [0.25, 0.3) is 0 Å². The molecule has 7 heteroatoms. The molecule has 1 aromatic rings. The van der Waals surface area contributed by atoms with Crippen molar-refractivity contribution in [1.82, 2.24) is 4.98 Å². The van der Waals surface area contributed by atoms with Crippen LogP contribution in [0.5, 0.6) is 5.75 Å². The minimum Gasteiger partial charge on any atom is -0.492 e. The molecule has 112 valence electrons. The number of carbonyl (C=O) groups is 1. The number of carbonyl (C=O) groups excluding carboxylic acids is 1. The molecule has 0 aromatic carbocycles. The number of Topliss-reactive ketones (excluding diaryl/α,β-unsaturated/α-hetero) is 1. The Balaban J connectivity index is 2.43. The van der Waals surface area contributed by atoms with Crippen LogP contribution in [0.4, 0.5) is 13.2 Å². The lowest BCUT2D eigenvalue weighted by Gasteiger charge is -2.08. The van der Waals surface area contributed by atoms with E-state index >= 15 is 0 Å². The Hall–Kier alpha value is -1.63. The first-order chi connectivity index (χ1) is 9.42. The third-order valence-electron chi connectivity index (χ3n) is 2.25. The molecule has 0 fully saturated rings. The molecule has 1 aromatic heterocycles. The molecule has 0 unspecified atom stereocenters. The highest BCUT2D eigenvalue weighted by atomic mass is 19.4. The fourth-order valence-corrected chi connectivity index (χ4v) is 1.37. The zero-order chi connectivity index (χ0) is 15.0. The van der Waals surface area contributed by atoms with Gasteiger partial charge in [-0.2, -0.15) is 13.2 Å². The minimum atomic E-state index is -4.38. The van der Waals surface area contributed by atoms with E-state index in [4.69, 9.17) is 4.74 Å². The number of rotatable bonds is 8. The molecule has 0 saturated carbocycles. The maximum Gasteiger partial charge on any atom is 0.411 e. The average molecular weight is 291 g/mol. The van der Waals surface area contributed by atoms with Gasteiger partial charge in [0.05, 0.1) is 19.4 Å². The van der Waals surface area contributed by atoms with Crippen LogP contribution in [-0.4, -0.2) is 36.8 Å². The molecule has 20 heavy (non-hydrogen) atoms. The fraction of sp³-hybridized carbons (Fsp3) is 0.538. The molecule has 0 aliphatic rings. The van der Waals surface area contributed by atoms with Crippen LogP contribution in [0.1, 0.15) is 30.1 Å². The number of aromatic nitrogens is 1. The van der Waals surface area contributed by atoms with Crippen molar-refractivity contribution in [1.29, 1.82) is 0 Å². The van der Waals surface area contributed by atoms with Gasteiger partial charge in [-0.05, 0) is 12.5 Å². The second-order valence-corrected chi connectivity index (χ2v) is 4.10. The number of ketones is 1. The predicted molar refractivity (Wildman–Crippen MR) is 65.8 cm³/mol. The van der Waals surface area contributed by atoms with E-state index in [0.29, 0.717) is 17.9 Å². The van der Waals surface area contributed by atoms with Crippen LogP contribution in [0.25, 0.3) is 0 Å². The van der Waals surface area contributed by atoms with Gasteiger partial charge >= 0.3 is 6.18 Å². The summed E-state index contributed by atoms with van der Waals surface area (Å²) in [6.07, 6.45) is -0.853. The van der Waals surface area contributed by atoms with E-state index in [1.165, 1.54) is 18.5 Å². The molecule has 1 rings (SSSR count). The largest absolute Gasteiger partial charge is 0.492 e. The number of hydrogen-bond acceptors (Lipinski definition) is 4. The first-order valence-corrected chi connectivity index (χ1v) is 6.18. The number of halogens is 3. The van der Waals surface area contributed by atoms with Gasteiger partial charge < -0.3 is 9.47 Å². The lowest BCUT2D eigenvalue weighted by Crippen LogP contribution is -2.18. The molecule has 0 aliphatic heterocycles. The standard InChI is InChI=1S/C13H16F3NO3/c1-2-4-20-11-6-10(7-17-8-11)12(18)3-5-19-9-13(14,15)16/h6-8H,2-5,9H2,1H3. The maximum atomic E-state index is 11.8. The lowest BCUT2D eigenvalue weighted by atomic mass is 10.1. The first-order valence-electron chi connectivity index (χ1n) is 6.18. The number of pyridine rings is 1. The first kappa shape index (κ1) is 16.4. The molecule has 1 heterocycles. The van der Waals surface area contributed by atoms with Crippen molar-refractivity contribution >= 4 is 5.78 Å². The summed E-state index contributed by atoms with van der Waals surface area (Å²) in [7, 11) is 0. The molecule has 0 spiro atoms.